The number of amides is 2. The predicted octanol–water partition coefficient (Wildman–Crippen LogP) is 4.52. The second-order valence-corrected chi connectivity index (χ2v) is 8.37. The summed E-state index contributed by atoms with van der Waals surface area (Å²) in [6.07, 6.45) is -2.27. The highest BCUT2D eigenvalue weighted by molar-refractivity contribution is 7.17. The summed E-state index contributed by atoms with van der Waals surface area (Å²) in [4.78, 5) is 31.7. The quantitative estimate of drug-likeness (QED) is 0.745. The lowest BCUT2D eigenvalue weighted by Crippen LogP contribution is -2.43. The molecule has 1 aromatic heterocycles. The molecule has 1 fully saturated rings. The molecule has 0 bridgehead atoms. The zero-order valence-corrected chi connectivity index (χ0v) is 17.7. The Bertz CT molecular complexity index is 901. The molecule has 0 saturated carbocycles. The van der Waals surface area contributed by atoms with Gasteiger partial charge in [-0.25, -0.2) is 4.98 Å². The maximum Gasteiger partial charge on any atom is 0.416 e. The van der Waals surface area contributed by atoms with Gasteiger partial charge < -0.3 is 10.2 Å². The molecule has 2 heterocycles. The van der Waals surface area contributed by atoms with E-state index in [9.17, 15) is 22.8 Å². The summed E-state index contributed by atoms with van der Waals surface area (Å²) in [5.74, 6) is -0.177. The van der Waals surface area contributed by atoms with Crippen molar-refractivity contribution in [3.05, 3.63) is 40.4 Å². The van der Waals surface area contributed by atoms with Gasteiger partial charge in [-0.15, -0.1) is 11.3 Å². The summed E-state index contributed by atoms with van der Waals surface area (Å²) in [6.45, 7) is 5.37. The molecule has 0 spiro atoms. The molecule has 5 nitrogen and oxygen atoms in total. The number of halogens is 3. The van der Waals surface area contributed by atoms with Crippen LogP contribution in [0.15, 0.2) is 24.3 Å². The number of alkyl halides is 3. The molecule has 2 aromatic rings. The van der Waals surface area contributed by atoms with E-state index in [0.717, 1.165) is 18.6 Å². The molecule has 1 saturated heterocycles. The molecule has 0 atom stereocenters. The van der Waals surface area contributed by atoms with Crippen LogP contribution in [0, 0.1) is 12.8 Å². The Balaban J connectivity index is 1.67. The van der Waals surface area contributed by atoms with Crippen molar-refractivity contribution in [2.24, 2.45) is 5.92 Å². The zero-order chi connectivity index (χ0) is 21.9. The van der Waals surface area contributed by atoms with Crippen LogP contribution < -0.4 is 5.32 Å². The summed E-state index contributed by atoms with van der Waals surface area (Å²) >= 11 is 1.18. The number of carbonyl (C=O) groups excluding carboxylic acids is 2. The van der Waals surface area contributed by atoms with E-state index >= 15 is 0 Å². The molecule has 1 aliphatic rings. The SMILES string of the molecule is CCCNC(=O)C1CCN(C(=O)c2sc(-c3ccc(C(F)(F)F)cc3)nc2C)CC1. The molecule has 9 heteroatoms. The molecular weight excluding hydrogens is 415 g/mol. The van der Waals surface area contributed by atoms with Crippen LogP contribution in [0.25, 0.3) is 10.6 Å². The number of likely N-dealkylation sites (tertiary alicyclic amines) is 1. The molecule has 0 unspecified atom stereocenters. The maximum absolute atomic E-state index is 12.9. The fourth-order valence-electron chi connectivity index (χ4n) is 3.40. The van der Waals surface area contributed by atoms with Crippen LogP contribution in [-0.4, -0.2) is 41.3 Å². The van der Waals surface area contributed by atoms with Gasteiger partial charge in [-0.2, -0.15) is 13.2 Å². The van der Waals surface area contributed by atoms with E-state index in [4.69, 9.17) is 0 Å². The van der Waals surface area contributed by atoms with Crippen LogP contribution in [-0.2, 0) is 11.0 Å². The molecule has 1 aliphatic heterocycles. The number of aryl methyl sites for hydroxylation is 1. The smallest absolute Gasteiger partial charge is 0.356 e. The molecule has 0 radical (unpaired) electrons. The number of nitrogens with zero attached hydrogens (tertiary/aromatic N) is 2. The van der Waals surface area contributed by atoms with Crippen LogP contribution in [0.4, 0.5) is 13.2 Å². The van der Waals surface area contributed by atoms with Gasteiger partial charge in [0, 0.05) is 31.1 Å². The molecule has 2 amide bonds. The van der Waals surface area contributed by atoms with E-state index in [1.165, 1.54) is 23.5 Å². The van der Waals surface area contributed by atoms with Gasteiger partial charge in [0.05, 0.1) is 11.3 Å². The van der Waals surface area contributed by atoms with Crippen LogP contribution in [0.2, 0.25) is 0 Å². The molecule has 0 aliphatic carbocycles. The lowest BCUT2D eigenvalue weighted by atomic mass is 9.95. The predicted molar refractivity (Wildman–Crippen MR) is 109 cm³/mol. The summed E-state index contributed by atoms with van der Waals surface area (Å²) in [6, 6.07) is 4.77. The number of nitrogens with one attached hydrogen (secondary N) is 1. The Morgan fingerprint density at radius 2 is 1.83 bits per heavy atom. The minimum atomic E-state index is -4.39. The lowest BCUT2D eigenvalue weighted by molar-refractivity contribution is -0.137. The number of rotatable bonds is 5. The third-order valence-electron chi connectivity index (χ3n) is 5.15. The minimum absolute atomic E-state index is 0.0440. The monoisotopic (exact) mass is 439 g/mol. The van der Waals surface area contributed by atoms with Crippen molar-refractivity contribution in [2.45, 2.75) is 39.3 Å². The Morgan fingerprint density at radius 1 is 1.20 bits per heavy atom. The molecular formula is C21H24F3N3O2S. The average molecular weight is 440 g/mol. The van der Waals surface area contributed by atoms with Gasteiger partial charge in [0.15, 0.2) is 0 Å². The lowest BCUT2D eigenvalue weighted by Gasteiger charge is -2.31. The van der Waals surface area contributed by atoms with Gasteiger partial charge in [-0.3, -0.25) is 9.59 Å². The van der Waals surface area contributed by atoms with Crippen LogP contribution in [0.1, 0.15) is 47.1 Å². The molecule has 162 valence electrons. The van der Waals surface area contributed by atoms with E-state index in [1.807, 2.05) is 6.92 Å². The highest BCUT2D eigenvalue weighted by Crippen LogP contribution is 2.33. The van der Waals surface area contributed by atoms with Crippen LogP contribution in [0.5, 0.6) is 0 Å². The van der Waals surface area contributed by atoms with Crippen molar-refractivity contribution in [3.63, 3.8) is 0 Å². The number of piperidine rings is 1. The van der Waals surface area contributed by atoms with E-state index in [-0.39, 0.29) is 17.7 Å². The first-order valence-electron chi connectivity index (χ1n) is 9.92. The normalized spacial score (nSPS) is 15.3. The Labute approximate surface area is 177 Å². The first-order valence-corrected chi connectivity index (χ1v) is 10.7. The highest BCUT2D eigenvalue weighted by atomic mass is 32.1. The van der Waals surface area contributed by atoms with E-state index in [0.29, 0.717) is 53.6 Å². The third-order valence-corrected chi connectivity index (χ3v) is 6.35. The van der Waals surface area contributed by atoms with Crippen LogP contribution in [0.3, 0.4) is 0 Å². The van der Waals surface area contributed by atoms with Crippen molar-refractivity contribution >= 4 is 23.2 Å². The third kappa shape index (κ3) is 5.00. The zero-order valence-electron chi connectivity index (χ0n) is 16.9. The second kappa shape index (κ2) is 9.16. The van der Waals surface area contributed by atoms with Crippen molar-refractivity contribution in [3.8, 4) is 10.6 Å². The minimum Gasteiger partial charge on any atom is -0.356 e. The average Bonchev–Trinajstić information content (AvgIpc) is 3.12. The Hall–Kier alpha value is -2.42. The summed E-state index contributed by atoms with van der Waals surface area (Å²) in [5.41, 5.74) is 0.380. The van der Waals surface area contributed by atoms with Crippen molar-refractivity contribution in [1.82, 2.24) is 15.2 Å². The summed E-state index contributed by atoms with van der Waals surface area (Å²) < 4.78 is 38.3. The second-order valence-electron chi connectivity index (χ2n) is 7.37. The van der Waals surface area contributed by atoms with Gasteiger partial charge in [0.2, 0.25) is 5.91 Å². The van der Waals surface area contributed by atoms with Gasteiger partial charge in [0.1, 0.15) is 9.88 Å². The number of hydrogen-bond donors (Lipinski definition) is 1. The summed E-state index contributed by atoms with van der Waals surface area (Å²) in [5, 5.41) is 3.41. The number of aromatic nitrogens is 1. The molecule has 1 aromatic carbocycles. The first-order chi connectivity index (χ1) is 14.2. The first kappa shape index (κ1) is 22.3. The van der Waals surface area contributed by atoms with Gasteiger partial charge >= 0.3 is 6.18 Å². The maximum atomic E-state index is 12.9. The van der Waals surface area contributed by atoms with Crippen LogP contribution >= 0.6 is 11.3 Å². The van der Waals surface area contributed by atoms with Crippen molar-refractivity contribution in [1.29, 1.82) is 0 Å². The van der Waals surface area contributed by atoms with E-state index < -0.39 is 11.7 Å². The number of benzene rings is 1. The standard InChI is InChI=1S/C21H24F3N3O2S/c1-3-10-25-18(28)14-8-11-27(12-9-14)20(29)17-13(2)26-19(30-17)15-4-6-16(7-5-15)21(22,23)24/h4-7,14H,3,8-12H2,1-2H3,(H,25,28). The summed E-state index contributed by atoms with van der Waals surface area (Å²) in [7, 11) is 0. The largest absolute Gasteiger partial charge is 0.416 e. The van der Waals surface area contributed by atoms with Gasteiger partial charge in [-0.05, 0) is 38.3 Å². The highest BCUT2D eigenvalue weighted by Gasteiger charge is 2.31. The fraction of sp³-hybridized carbons (Fsp3) is 0.476. The molecule has 1 N–H and O–H groups in total. The van der Waals surface area contributed by atoms with Crippen molar-refractivity contribution in [2.75, 3.05) is 19.6 Å². The van der Waals surface area contributed by atoms with Gasteiger partial charge in [0.25, 0.3) is 5.91 Å². The number of carbonyl (C=O) groups is 2. The Morgan fingerprint density at radius 3 is 2.40 bits per heavy atom. The molecule has 3 rings (SSSR count). The topological polar surface area (TPSA) is 62.3 Å². The fourth-order valence-corrected chi connectivity index (χ4v) is 4.44. The van der Waals surface area contributed by atoms with E-state index in [2.05, 4.69) is 10.3 Å². The van der Waals surface area contributed by atoms with Crippen molar-refractivity contribution < 1.29 is 22.8 Å². The van der Waals surface area contributed by atoms with Gasteiger partial charge in [-0.1, -0.05) is 19.1 Å². The Kier molecular flexibility index (Phi) is 6.80. The molecule has 30 heavy (non-hydrogen) atoms. The van der Waals surface area contributed by atoms with E-state index in [1.54, 1.807) is 11.8 Å². The number of hydrogen-bond acceptors (Lipinski definition) is 4. The number of thiazole rings is 1.